The van der Waals surface area contributed by atoms with Gasteiger partial charge in [0, 0.05) is 33.8 Å². The summed E-state index contributed by atoms with van der Waals surface area (Å²) in [4.78, 5) is 34.9. The number of amides is 1. The average molecular weight is 474 g/mol. The number of hydrogen-bond acceptors (Lipinski definition) is 4. The smallest absolute Gasteiger partial charge is 0.270 e. The van der Waals surface area contributed by atoms with E-state index < -0.39 is 5.91 Å². The van der Waals surface area contributed by atoms with Crippen LogP contribution in [0.25, 0.3) is 33.3 Å². The normalized spacial score (nSPS) is 10.8. The molecule has 0 unspecified atom stereocenters. The first-order valence-corrected chi connectivity index (χ1v) is 11.7. The lowest BCUT2D eigenvalue weighted by atomic mass is 9.96. The number of carbonyl (C=O) groups excluding carboxylic acids is 2. The molecule has 0 bridgehead atoms. The minimum Gasteiger partial charge on any atom is -0.354 e. The third kappa shape index (κ3) is 4.76. The van der Waals surface area contributed by atoms with Crippen LogP contribution in [0.2, 0.25) is 0 Å². The van der Waals surface area contributed by atoms with Crippen LogP contribution in [-0.4, -0.2) is 28.2 Å². The number of fused-ring (bicyclic) bond motifs is 1. The molecule has 6 heteroatoms. The fourth-order valence-electron chi connectivity index (χ4n) is 4.13. The summed E-state index contributed by atoms with van der Waals surface area (Å²) in [6, 6.07) is 30.8. The molecule has 6 nitrogen and oxygen atoms in total. The van der Waals surface area contributed by atoms with Crippen LogP contribution in [0.4, 0.5) is 0 Å². The molecule has 3 aromatic carbocycles. The maximum atomic E-state index is 13.1. The lowest BCUT2D eigenvalue weighted by molar-refractivity contribution is -0.386. The fraction of sp³-hybridized carbons (Fsp3) is 0.0667. The first-order valence-electron chi connectivity index (χ1n) is 11.7. The van der Waals surface area contributed by atoms with E-state index in [2.05, 4.69) is 28.2 Å². The second-order valence-corrected chi connectivity index (χ2v) is 8.40. The Balaban J connectivity index is 1.55. The molecule has 0 aliphatic heterocycles. The lowest BCUT2D eigenvalue weighted by Gasteiger charge is -2.13. The molecule has 1 amide bonds. The van der Waals surface area contributed by atoms with Crippen molar-refractivity contribution in [1.82, 2.24) is 15.3 Å². The van der Waals surface area contributed by atoms with Gasteiger partial charge in [-0.2, -0.15) is 0 Å². The van der Waals surface area contributed by atoms with E-state index in [1.807, 2.05) is 54.6 Å². The van der Waals surface area contributed by atoms with E-state index >= 15 is 0 Å². The zero-order valence-corrected chi connectivity index (χ0v) is 19.6. The molecular formula is C30H25N4O2+. The molecule has 0 spiro atoms. The second-order valence-electron chi connectivity index (χ2n) is 8.40. The van der Waals surface area contributed by atoms with Gasteiger partial charge in [-0.25, -0.2) is 4.98 Å². The van der Waals surface area contributed by atoms with Crippen LogP contribution in [0.1, 0.15) is 26.4 Å². The summed E-state index contributed by atoms with van der Waals surface area (Å²) in [6.07, 6.45) is 1.57. The predicted molar refractivity (Wildman–Crippen MR) is 140 cm³/mol. The van der Waals surface area contributed by atoms with E-state index in [1.54, 1.807) is 36.5 Å². The fourth-order valence-corrected chi connectivity index (χ4v) is 4.13. The number of quaternary nitrogens is 1. The van der Waals surface area contributed by atoms with E-state index in [-0.39, 0.29) is 18.0 Å². The molecule has 2 heterocycles. The highest BCUT2D eigenvalue weighted by Crippen LogP contribution is 2.34. The quantitative estimate of drug-likeness (QED) is 0.344. The van der Waals surface area contributed by atoms with E-state index in [1.165, 1.54) is 0 Å². The van der Waals surface area contributed by atoms with Gasteiger partial charge in [0.2, 0.25) is 0 Å². The Bertz CT molecular complexity index is 1530. The van der Waals surface area contributed by atoms with Gasteiger partial charge < -0.3 is 11.1 Å². The van der Waals surface area contributed by atoms with Crippen molar-refractivity contribution in [2.75, 3.05) is 6.54 Å². The van der Waals surface area contributed by atoms with E-state index in [0.717, 1.165) is 27.9 Å². The monoisotopic (exact) mass is 473 g/mol. The zero-order valence-electron chi connectivity index (χ0n) is 19.6. The molecule has 4 N–H and O–H groups in total. The van der Waals surface area contributed by atoms with Crippen LogP contribution in [0.3, 0.4) is 0 Å². The molecule has 176 valence electrons. The standard InChI is InChI=1S/C30H24N4O2/c31-18-20-11-13-23(14-12-20)28-24(21-7-3-1-4-8-21)17-25-26(34-28)15-16-32-29(25)30(36)33-19-27(35)22-9-5-2-6-10-22/h1-17H,18-19,31H2,(H,33,36)/p+1. The Hall–Kier alpha value is -4.68. The highest BCUT2D eigenvalue weighted by Gasteiger charge is 2.18. The van der Waals surface area contributed by atoms with Crippen molar-refractivity contribution in [3.63, 3.8) is 0 Å². The Labute approximate surface area is 208 Å². The van der Waals surface area contributed by atoms with Gasteiger partial charge in [-0.3, -0.25) is 14.6 Å². The number of hydrogen-bond donors (Lipinski definition) is 2. The number of nitrogens with zero attached hydrogens (tertiary/aromatic N) is 2. The minimum absolute atomic E-state index is 0.114. The first-order chi connectivity index (χ1) is 17.6. The zero-order chi connectivity index (χ0) is 24.9. The Morgan fingerprint density at radius 2 is 1.50 bits per heavy atom. The molecular weight excluding hydrogens is 448 g/mol. The molecule has 0 fully saturated rings. The van der Waals surface area contributed by atoms with E-state index in [4.69, 9.17) is 4.98 Å². The molecule has 0 atom stereocenters. The summed E-state index contributed by atoms with van der Waals surface area (Å²) in [7, 11) is 0. The number of pyridine rings is 2. The summed E-state index contributed by atoms with van der Waals surface area (Å²) in [6.45, 7) is 0.602. The number of benzene rings is 3. The van der Waals surface area contributed by atoms with Crippen molar-refractivity contribution in [3.05, 3.63) is 120 Å². The summed E-state index contributed by atoms with van der Waals surface area (Å²) < 4.78 is 0. The third-order valence-electron chi connectivity index (χ3n) is 6.06. The molecule has 5 aromatic rings. The van der Waals surface area contributed by atoms with Crippen LogP contribution in [0, 0.1) is 0 Å². The van der Waals surface area contributed by atoms with Crippen molar-refractivity contribution >= 4 is 22.6 Å². The highest BCUT2D eigenvalue weighted by molar-refractivity contribution is 6.08. The molecule has 5 rings (SSSR count). The molecule has 0 saturated carbocycles. The van der Waals surface area contributed by atoms with Crippen LogP contribution in [0.5, 0.6) is 0 Å². The van der Waals surface area contributed by atoms with Gasteiger partial charge in [0.15, 0.2) is 5.78 Å². The largest absolute Gasteiger partial charge is 0.354 e. The van der Waals surface area contributed by atoms with Crippen LogP contribution >= 0.6 is 0 Å². The summed E-state index contributed by atoms with van der Waals surface area (Å²) in [5.41, 5.74) is 10.2. The maximum absolute atomic E-state index is 13.1. The van der Waals surface area contributed by atoms with Crippen molar-refractivity contribution in [1.29, 1.82) is 0 Å². The third-order valence-corrected chi connectivity index (χ3v) is 6.06. The van der Waals surface area contributed by atoms with E-state index in [0.29, 0.717) is 23.0 Å². The lowest BCUT2D eigenvalue weighted by Crippen LogP contribution is -2.47. The molecule has 0 aliphatic rings. The van der Waals surface area contributed by atoms with Gasteiger partial charge >= 0.3 is 0 Å². The molecule has 0 aliphatic carbocycles. The predicted octanol–water partition coefficient (Wildman–Crippen LogP) is 4.32. The maximum Gasteiger partial charge on any atom is 0.270 e. The Morgan fingerprint density at radius 1 is 0.806 bits per heavy atom. The number of rotatable bonds is 7. The SMILES string of the molecule is [NH3+]Cc1ccc(-c2nc3ccnc(C(=O)NCC(=O)c4ccccc4)c3cc2-c2ccccc2)cc1. The number of carbonyl (C=O) groups is 2. The molecule has 2 aromatic heterocycles. The van der Waals surface area contributed by atoms with Gasteiger partial charge in [0.1, 0.15) is 5.69 Å². The number of aromatic nitrogens is 2. The average Bonchev–Trinajstić information content (AvgIpc) is 2.95. The Kier molecular flexibility index (Phi) is 6.60. The van der Waals surface area contributed by atoms with Crippen molar-refractivity contribution in [2.24, 2.45) is 0 Å². The van der Waals surface area contributed by atoms with Crippen LogP contribution < -0.4 is 11.1 Å². The van der Waals surface area contributed by atoms with Crippen molar-refractivity contribution < 1.29 is 15.3 Å². The topological polar surface area (TPSA) is 99.6 Å². The van der Waals surface area contributed by atoms with Gasteiger partial charge in [-0.1, -0.05) is 84.9 Å². The van der Waals surface area contributed by atoms with Gasteiger partial charge in [-0.15, -0.1) is 0 Å². The van der Waals surface area contributed by atoms with Gasteiger partial charge in [0.25, 0.3) is 5.91 Å². The summed E-state index contributed by atoms with van der Waals surface area (Å²) in [5.74, 6) is -0.585. The number of Topliss-reactive ketones (excluding diaryl/α,β-unsaturated/α-hetero) is 1. The number of ketones is 1. The minimum atomic E-state index is -0.418. The summed E-state index contributed by atoms with van der Waals surface area (Å²) in [5, 5.41) is 3.35. The Morgan fingerprint density at radius 3 is 2.19 bits per heavy atom. The van der Waals surface area contributed by atoms with Gasteiger partial charge in [0.05, 0.1) is 24.3 Å². The van der Waals surface area contributed by atoms with Crippen LogP contribution in [0.15, 0.2) is 103 Å². The molecule has 36 heavy (non-hydrogen) atoms. The first kappa shape index (κ1) is 23.1. The summed E-state index contributed by atoms with van der Waals surface area (Å²) >= 11 is 0. The van der Waals surface area contributed by atoms with Crippen LogP contribution in [-0.2, 0) is 6.54 Å². The molecule has 0 saturated heterocycles. The van der Waals surface area contributed by atoms with E-state index in [9.17, 15) is 9.59 Å². The highest BCUT2D eigenvalue weighted by atomic mass is 16.2. The molecule has 0 radical (unpaired) electrons. The number of nitrogens with one attached hydrogen (secondary N) is 1. The second kappa shape index (κ2) is 10.3. The van der Waals surface area contributed by atoms with Gasteiger partial charge in [-0.05, 0) is 17.7 Å². The van der Waals surface area contributed by atoms with Crippen molar-refractivity contribution in [3.8, 4) is 22.4 Å². The van der Waals surface area contributed by atoms with Crippen molar-refractivity contribution in [2.45, 2.75) is 6.54 Å².